The van der Waals surface area contributed by atoms with Crippen molar-refractivity contribution in [2.24, 2.45) is 5.73 Å². The van der Waals surface area contributed by atoms with Crippen LogP contribution in [0.5, 0.6) is 0 Å². The first-order valence-corrected chi connectivity index (χ1v) is 6.24. The Labute approximate surface area is 102 Å². The van der Waals surface area contributed by atoms with Gasteiger partial charge in [0.05, 0.1) is 0 Å². The van der Waals surface area contributed by atoms with E-state index in [2.05, 4.69) is 12.2 Å². The summed E-state index contributed by atoms with van der Waals surface area (Å²) in [6.45, 7) is 2.72. The Morgan fingerprint density at radius 1 is 1.47 bits per heavy atom. The van der Waals surface area contributed by atoms with Gasteiger partial charge in [0.2, 0.25) is 0 Å². The standard InChI is InChI=1S/C14H20N2O/c1-14(7-3-8-14)16-13(17)12-5-2-4-11(10-12)6-9-15/h2,4-5,10H,3,6-9,15H2,1H3,(H,16,17). The average Bonchev–Trinajstić information content (AvgIpc) is 2.28. The first kappa shape index (κ1) is 12.1. The Morgan fingerprint density at radius 2 is 2.24 bits per heavy atom. The number of amides is 1. The zero-order valence-electron chi connectivity index (χ0n) is 10.3. The van der Waals surface area contributed by atoms with Gasteiger partial charge in [-0.15, -0.1) is 0 Å². The van der Waals surface area contributed by atoms with E-state index in [4.69, 9.17) is 5.73 Å². The second kappa shape index (κ2) is 4.88. The second-order valence-corrected chi connectivity index (χ2v) is 5.11. The minimum atomic E-state index is 0.0148. The molecule has 1 aliphatic rings. The molecule has 0 atom stereocenters. The van der Waals surface area contributed by atoms with Crippen molar-refractivity contribution in [2.75, 3.05) is 6.54 Å². The highest BCUT2D eigenvalue weighted by atomic mass is 16.1. The first-order chi connectivity index (χ1) is 8.13. The van der Waals surface area contributed by atoms with Gasteiger partial charge in [0.15, 0.2) is 0 Å². The molecule has 0 unspecified atom stereocenters. The molecule has 92 valence electrons. The molecule has 0 spiro atoms. The Kier molecular flexibility index (Phi) is 3.48. The number of nitrogens with two attached hydrogens (primary N) is 1. The summed E-state index contributed by atoms with van der Waals surface area (Å²) in [6.07, 6.45) is 4.20. The maximum absolute atomic E-state index is 12.1. The van der Waals surface area contributed by atoms with Gasteiger partial charge in [-0.2, -0.15) is 0 Å². The van der Waals surface area contributed by atoms with Crippen molar-refractivity contribution in [3.8, 4) is 0 Å². The molecular formula is C14H20N2O. The van der Waals surface area contributed by atoms with Crippen molar-refractivity contribution in [1.82, 2.24) is 5.32 Å². The van der Waals surface area contributed by atoms with Gasteiger partial charge in [0.25, 0.3) is 5.91 Å². The molecule has 0 saturated heterocycles. The lowest BCUT2D eigenvalue weighted by molar-refractivity contribution is 0.0850. The molecule has 3 heteroatoms. The van der Waals surface area contributed by atoms with Crippen LogP contribution in [0, 0.1) is 0 Å². The van der Waals surface area contributed by atoms with Crippen molar-refractivity contribution in [3.05, 3.63) is 35.4 Å². The third-order valence-corrected chi connectivity index (χ3v) is 3.49. The molecular weight excluding hydrogens is 212 g/mol. The molecule has 1 saturated carbocycles. The van der Waals surface area contributed by atoms with Crippen molar-refractivity contribution in [1.29, 1.82) is 0 Å². The monoisotopic (exact) mass is 232 g/mol. The van der Waals surface area contributed by atoms with E-state index >= 15 is 0 Å². The summed E-state index contributed by atoms with van der Waals surface area (Å²) in [7, 11) is 0. The molecule has 0 aromatic heterocycles. The largest absolute Gasteiger partial charge is 0.347 e. The fraction of sp³-hybridized carbons (Fsp3) is 0.500. The number of rotatable bonds is 4. The number of carbonyl (C=O) groups excluding carboxylic acids is 1. The predicted molar refractivity (Wildman–Crippen MR) is 68.9 cm³/mol. The molecule has 0 aliphatic heterocycles. The van der Waals surface area contributed by atoms with Crippen molar-refractivity contribution < 1.29 is 4.79 Å². The molecule has 1 fully saturated rings. The molecule has 1 amide bonds. The predicted octanol–water partition coefficient (Wildman–Crippen LogP) is 1.86. The van der Waals surface area contributed by atoms with E-state index in [0.29, 0.717) is 6.54 Å². The summed E-state index contributed by atoms with van der Waals surface area (Å²) in [5, 5.41) is 3.11. The molecule has 17 heavy (non-hydrogen) atoms. The summed E-state index contributed by atoms with van der Waals surface area (Å²) in [5.41, 5.74) is 7.40. The SMILES string of the molecule is CC1(NC(=O)c2cccc(CCN)c2)CCC1. The lowest BCUT2D eigenvalue weighted by atomic mass is 9.78. The van der Waals surface area contributed by atoms with Crippen LogP contribution in [0.25, 0.3) is 0 Å². The highest BCUT2D eigenvalue weighted by Gasteiger charge is 2.33. The van der Waals surface area contributed by atoms with E-state index in [0.717, 1.165) is 30.4 Å². The highest BCUT2D eigenvalue weighted by molar-refractivity contribution is 5.94. The summed E-state index contributed by atoms with van der Waals surface area (Å²) in [5.74, 6) is 0.0334. The zero-order chi connectivity index (χ0) is 12.3. The average molecular weight is 232 g/mol. The Balaban J connectivity index is 2.05. The number of hydrogen-bond donors (Lipinski definition) is 2. The minimum absolute atomic E-state index is 0.0148. The van der Waals surface area contributed by atoms with E-state index in [-0.39, 0.29) is 11.4 Å². The van der Waals surface area contributed by atoms with Crippen LogP contribution < -0.4 is 11.1 Å². The van der Waals surface area contributed by atoms with Crippen LogP contribution in [0.15, 0.2) is 24.3 Å². The Morgan fingerprint density at radius 3 is 2.82 bits per heavy atom. The number of hydrogen-bond acceptors (Lipinski definition) is 2. The maximum atomic E-state index is 12.1. The Bertz CT molecular complexity index is 410. The molecule has 1 aromatic rings. The molecule has 2 rings (SSSR count). The first-order valence-electron chi connectivity index (χ1n) is 6.24. The quantitative estimate of drug-likeness (QED) is 0.832. The third kappa shape index (κ3) is 2.86. The van der Waals surface area contributed by atoms with Crippen LogP contribution in [0.1, 0.15) is 42.1 Å². The summed E-state index contributed by atoms with van der Waals surface area (Å²) in [6, 6.07) is 7.72. The Hall–Kier alpha value is -1.35. The van der Waals surface area contributed by atoms with Crippen LogP contribution in [-0.4, -0.2) is 18.0 Å². The van der Waals surface area contributed by atoms with Gasteiger partial charge in [0.1, 0.15) is 0 Å². The molecule has 1 aliphatic carbocycles. The van der Waals surface area contributed by atoms with Gasteiger partial charge < -0.3 is 11.1 Å². The highest BCUT2D eigenvalue weighted by Crippen LogP contribution is 2.31. The maximum Gasteiger partial charge on any atom is 0.251 e. The van der Waals surface area contributed by atoms with Crippen LogP contribution in [0.3, 0.4) is 0 Å². The van der Waals surface area contributed by atoms with Crippen LogP contribution in [0.4, 0.5) is 0 Å². The van der Waals surface area contributed by atoms with Crippen molar-refractivity contribution in [3.63, 3.8) is 0 Å². The number of carbonyl (C=O) groups is 1. The van der Waals surface area contributed by atoms with E-state index in [9.17, 15) is 4.79 Å². The molecule has 0 radical (unpaired) electrons. The fourth-order valence-corrected chi connectivity index (χ4v) is 2.21. The van der Waals surface area contributed by atoms with Crippen molar-refractivity contribution >= 4 is 5.91 Å². The van der Waals surface area contributed by atoms with E-state index in [1.165, 1.54) is 6.42 Å². The van der Waals surface area contributed by atoms with E-state index < -0.39 is 0 Å². The zero-order valence-corrected chi connectivity index (χ0v) is 10.3. The van der Waals surface area contributed by atoms with E-state index in [1.54, 1.807) is 0 Å². The third-order valence-electron chi connectivity index (χ3n) is 3.49. The van der Waals surface area contributed by atoms with E-state index in [1.807, 2.05) is 24.3 Å². The number of benzene rings is 1. The summed E-state index contributed by atoms with van der Waals surface area (Å²) in [4.78, 5) is 12.1. The van der Waals surface area contributed by atoms with Crippen LogP contribution in [-0.2, 0) is 6.42 Å². The van der Waals surface area contributed by atoms with Gasteiger partial charge in [-0.05, 0) is 56.8 Å². The number of nitrogens with one attached hydrogen (secondary N) is 1. The molecule has 0 heterocycles. The summed E-state index contributed by atoms with van der Waals surface area (Å²) < 4.78 is 0. The molecule has 1 aromatic carbocycles. The molecule has 3 N–H and O–H groups in total. The van der Waals surface area contributed by atoms with Gasteiger partial charge in [-0.25, -0.2) is 0 Å². The summed E-state index contributed by atoms with van der Waals surface area (Å²) >= 11 is 0. The molecule has 0 bridgehead atoms. The lowest BCUT2D eigenvalue weighted by Crippen LogP contribution is -2.50. The lowest BCUT2D eigenvalue weighted by Gasteiger charge is -2.39. The van der Waals surface area contributed by atoms with Gasteiger partial charge >= 0.3 is 0 Å². The molecule has 3 nitrogen and oxygen atoms in total. The topological polar surface area (TPSA) is 55.1 Å². The second-order valence-electron chi connectivity index (χ2n) is 5.11. The normalized spacial score (nSPS) is 17.3. The van der Waals surface area contributed by atoms with Gasteiger partial charge in [-0.3, -0.25) is 4.79 Å². The van der Waals surface area contributed by atoms with Crippen molar-refractivity contribution in [2.45, 2.75) is 38.1 Å². The van der Waals surface area contributed by atoms with Crippen LogP contribution in [0.2, 0.25) is 0 Å². The fourth-order valence-electron chi connectivity index (χ4n) is 2.21. The minimum Gasteiger partial charge on any atom is -0.347 e. The van der Waals surface area contributed by atoms with Crippen LogP contribution >= 0.6 is 0 Å². The smallest absolute Gasteiger partial charge is 0.251 e. The van der Waals surface area contributed by atoms with Gasteiger partial charge in [0, 0.05) is 11.1 Å². The van der Waals surface area contributed by atoms with Gasteiger partial charge in [-0.1, -0.05) is 12.1 Å².